The number of benzene rings is 1. The van der Waals surface area contributed by atoms with Gasteiger partial charge in [-0.1, -0.05) is 12.1 Å². The van der Waals surface area contributed by atoms with Crippen LogP contribution in [0.15, 0.2) is 24.3 Å². The molecule has 1 heterocycles. The fourth-order valence-electron chi connectivity index (χ4n) is 2.13. The number of hydrogen-bond acceptors (Lipinski definition) is 3. The van der Waals surface area contributed by atoms with Gasteiger partial charge in [0.2, 0.25) is 0 Å². The second-order valence-electron chi connectivity index (χ2n) is 4.44. The Morgan fingerprint density at radius 1 is 1.47 bits per heavy atom. The number of ether oxygens (including phenoxy) is 2. The number of nitrogens with one attached hydrogen (secondary N) is 1. The average molecular weight is 235 g/mol. The van der Waals surface area contributed by atoms with E-state index in [1.807, 2.05) is 12.1 Å². The topological polar surface area (TPSA) is 30.5 Å². The van der Waals surface area contributed by atoms with Crippen molar-refractivity contribution in [3.8, 4) is 5.75 Å². The molecule has 0 spiro atoms. The molecule has 1 atom stereocenters. The molecule has 1 aromatic rings. The summed E-state index contributed by atoms with van der Waals surface area (Å²) in [6.45, 7) is 2.90. The van der Waals surface area contributed by atoms with E-state index in [0.717, 1.165) is 31.9 Å². The van der Waals surface area contributed by atoms with Crippen LogP contribution in [-0.2, 0) is 11.2 Å². The van der Waals surface area contributed by atoms with Crippen LogP contribution in [0.2, 0.25) is 0 Å². The van der Waals surface area contributed by atoms with Gasteiger partial charge in [0.1, 0.15) is 5.75 Å². The lowest BCUT2D eigenvalue weighted by molar-refractivity contribution is 0.110. The standard InChI is InChI=1S/C14H21NO2/c1-16-13-5-2-4-12(10-13)7-8-15-11-14-6-3-9-17-14/h2,4-5,10,14-15H,3,6-9,11H2,1H3. The van der Waals surface area contributed by atoms with Crippen LogP contribution in [0.1, 0.15) is 18.4 Å². The first-order valence-corrected chi connectivity index (χ1v) is 6.34. The zero-order chi connectivity index (χ0) is 11.9. The van der Waals surface area contributed by atoms with E-state index < -0.39 is 0 Å². The van der Waals surface area contributed by atoms with E-state index in [4.69, 9.17) is 9.47 Å². The van der Waals surface area contributed by atoms with Gasteiger partial charge in [-0.3, -0.25) is 0 Å². The zero-order valence-corrected chi connectivity index (χ0v) is 10.4. The van der Waals surface area contributed by atoms with Crippen molar-refractivity contribution in [3.05, 3.63) is 29.8 Å². The summed E-state index contributed by atoms with van der Waals surface area (Å²) in [5.41, 5.74) is 1.31. The molecule has 1 N–H and O–H groups in total. The van der Waals surface area contributed by atoms with Crippen LogP contribution in [0.3, 0.4) is 0 Å². The largest absolute Gasteiger partial charge is 0.497 e. The smallest absolute Gasteiger partial charge is 0.119 e. The van der Waals surface area contributed by atoms with Crippen LogP contribution in [0.25, 0.3) is 0 Å². The van der Waals surface area contributed by atoms with Crippen LogP contribution in [0.5, 0.6) is 5.75 Å². The fourth-order valence-corrected chi connectivity index (χ4v) is 2.13. The molecule has 0 saturated carbocycles. The van der Waals surface area contributed by atoms with Gasteiger partial charge in [-0.15, -0.1) is 0 Å². The van der Waals surface area contributed by atoms with Crippen LogP contribution < -0.4 is 10.1 Å². The van der Waals surface area contributed by atoms with E-state index in [1.54, 1.807) is 7.11 Å². The molecule has 3 nitrogen and oxygen atoms in total. The zero-order valence-electron chi connectivity index (χ0n) is 10.4. The highest BCUT2D eigenvalue weighted by Crippen LogP contribution is 2.13. The average Bonchev–Trinajstić information content (AvgIpc) is 2.88. The molecule has 0 bridgehead atoms. The van der Waals surface area contributed by atoms with Crippen LogP contribution in [-0.4, -0.2) is 32.9 Å². The molecule has 1 saturated heterocycles. The maximum atomic E-state index is 5.56. The van der Waals surface area contributed by atoms with Crippen molar-refractivity contribution < 1.29 is 9.47 Å². The highest BCUT2D eigenvalue weighted by atomic mass is 16.5. The summed E-state index contributed by atoms with van der Waals surface area (Å²) in [4.78, 5) is 0. The molecule has 0 radical (unpaired) electrons. The Morgan fingerprint density at radius 3 is 3.18 bits per heavy atom. The fraction of sp³-hybridized carbons (Fsp3) is 0.571. The molecular weight excluding hydrogens is 214 g/mol. The predicted molar refractivity (Wildman–Crippen MR) is 68.5 cm³/mol. The van der Waals surface area contributed by atoms with Crippen molar-refractivity contribution in [2.45, 2.75) is 25.4 Å². The summed E-state index contributed by atoms with van der Waals surface area (Å²) in [6.07, 6.45) is 3.87. The Labute approximate surface area is 103 Å². The number of methoxy groups -OCH3 is 1. The molecule has 0 aliphatic carbocycles. The third kappa shape index (κ3) is 4.02. The van der Waals surface area contributed by atoms with Gasteiger partial charge < -0.3 is 14.8 Å². The van der Waals surface area contributed by atoms with Crippen molar-refractivity contribution >= 4 is 0 Å². The maximum absolute atomic E-state index is 5.56. The summed E-state index contributed by atoms with van der Waals surface area (Å²) in [5, 5.41) is 3.45. The number of hydrogen-bond donors (Lipinski definition) is 1. The van der Waals surface area contributed by atoms with E-state index in [0.29, 0.717) is 6.10 Å². The number of rotatable bonds is 6. The van der Waals surface area contributed by atoms with Gasteiger partial charge in [0, 0.05) is 13.2 Å². The molecule has 17 heavy (non-hydrogen) atoms. The van der Waals surface area contributed by atoms with Gasteiger partial charge in [0.25, 0.3) is 0 Å². The van der Waals surface area contributed by atoms with E-state index in [1.165, 1.54) is 18.4 Å². The Kier molecular flexibility index (Phi) is 4.83. The summed E-state index contributed by atoms with van der Waals surface area (Å²) >= 11 is 0. The van der Waals surface area contributed by atoms with E-state index >= 15 is 0 Å². The third-order valence-electron chi connectivity index (χ3n) is 3.12. The van der Waals surface area contributed by atoms with Crippen molar-refractivity contribution in [1.82, 2.24) is 5.32 Å². The highest BCUT2D eigenvalue weighted by Gasteiger charge is 2.14. The molecule has 3 heteroatoms. The molecule has 1 aliphatic rings. The van der Waals surface area contributed by atoms with E-state index in [-0.39, 0.29) is 0 Å². The van der Waals surface area contributed by atoms with Gasteiger partial charge >= 0.3 is 0 Å². The summed E-state index contributed by atoms with van der Waals surface area (Å²) in [5.74, 6) is 0.932. The lowest BCUT2D eigenvalue weighted by Gasteiger charge is -2.10. The van der Waals surface area contributed by atoms with Crippen molar-refractivity contribution in [1.29, 1.82) is 0 Å². The van der Waals surface area contributed by atoms with Crippen LogP contribution >= 0.6 is 0 Å². The maximum Gasteiger partial charge on any atom is 0.119 e. The molecule has 94 valence electrons. The van der Waals surface area contributed by atoms with Crippen molar-refractivity contribution in [2.24, 2.45) is 0 Å². The highest BCUT2D eigenvalue weighted by molar-refractivity contribution is 5.28. The minimum atomic E-state index is 0.431. The minimum Gasteiger partial charge on any atom is -0.497 e. The predicted octanol–water partition coefficient (Wildman–Crippen LogP) is 2.01. The van der Waals surface area contributed by atoms with Gasteiger partial charge in [0.15, 0.2) is 0 Å². The first kappa shape index (κ1) is 12.4. The van der Waals surface area contributed by atoms with Gasteiger partial charge in [-0.25, -0.2) is 0 Å². The molecule has 1 fully saturated rings. The first-order valence-electron chi connectivity index (χ1n) is 6.34. The second-order valence-corrected chi connectivity index (χ2v) is 4.44. The lowest BCUT2D eigenvalue weighted by Crippen LogP contribution is -2.27. The molecule has 2 rings (SSSR count). The minimum absolute atomic E-state index is 0.431. The summed E-state index contributed by atoms with van der Waals surface area (Å²) < 4.78 is 10.8. The van der Waals surface area contributed by atoms with Crippen molar-refractivity contribution in [2.75, 3.05) is 26.8 Å². The molecule has 0 amide bonds. The molecular formula is C14H21NO2. The summed E-state index contributed by atoms with van der Waals surface area (Å²) in [7, 11) is 1.70. The quantitative estimate of drug-likeness (QED) is 0.765. The molecule has 1 aromatic carbocycles. The lowest BCUT2D eigenvalue weighted by atomic mass is 10.1. The normalized spacial score (nSPS) is 19.5. The van der Waals surface area contributed by atoms with E-state index in [2.05, 4.69) is 17.4 Å². The molecule has 0 aromatic heterocycles. The molecule has 1 aliphatic heterocycles. The molecule has 1 unspecified atom stereocenters. The van der Waals surface area contributed by atoms with Gasteiger partial charge in [0.05, 0.1) is 13.2 Å². The Bertz CT molecular complexity index is 335. The van der Waals surface area contributed by atoms with E-state index in [9.17, 15) is 0 Å². The van der Waals surface area contributed by atoms with Gasteiger partial charge in [-0.2, -0.15) is 0 Å². The third-order valence-corrected chi connectivity index (χ3v) is 3.12. The second kappa shape index (κ2) is 6.62. The van der Waals surface area contributed by atoms with Crippen LogP contribution in [0, 0.1) is 0 Å². The SMILES string of the molecule is COc1cccc(CCNCC2CCCO2)c1. The first-order chi connectivity index (χ1) is 8.38. The monoisotopic (exact) mass is 235 g/mol. The Balaban J connectivity index is 1.66. The Hall–Kier alpha value is -1.06. The van der Waals surface area contributed by atoms with Crippen molar-refractivity contribution in [3.63, 3.8) is 0 Å². The summed E-state index contributed by atoms with van der Waals surface area (Å²) in [6, 6.07) is 8.24. The Morgan fingerprint density at radius 2 is 2.41 bits per heavy atom. The van der Waals surface area contributed by atoms with Crippen LogP contribution in [0.4, 0.5) is 0 Å². The van der Waals surface area contributed by atoms with Gasteiger partial charge in [-0.05, 0) is 43.5 Å².